The molecular formula is C21H19N3O6. The number of benzene rings is 1. The molecule has 0 aliphatic rings. The highest BCUT2D eigenvalue weighted by molar-refractivity contribution is 5.97. The average Bonchev–Trinajstić information content (AvgIpc) is 3.03. The Hall–Kier alpha value is -4.01. The van der Waals surface area contributed by atoms with Crippen LogP contribution in [0.5, 0.6) is 0 Å². The number of hydrogen-bond acceptors (Lipinski definition) is 6. The Kier molecular flexibility index (Phi) is 5.63. The van der Waals surface area contributed by atoms with E-state index in [9.17, 15) is 24.5 Å². The minimum Gasteiger partial charge on any atom is -0.465 e. The lowest BCUT2D eigenvalue weighted by molar-refractivity contribution is -0.385. The highest BCUT2D eigenvalue weighted by Crippen LogP contribution is 2.22. The Balaban J connectivity index is 1.93. The Bertz CT molecular complexity index is 1200. The number of nitro groups is 1. The summed E-state index contributed by atoms with van der Waals surface area (Å²) in [6.07, 6.45) is 1.06. The maximum Gasteiger partial charge on any atom is 0.337 e. The van der Waals surface area contributed by atoms with Crippen LogP contribution in [0.15, 0.2) is 53.5 Å². The second kappa shape index (κ2) is 8.16. The van der Waals surface area contributed by atoms with Crippen LogP contribution in [0.4, 0.5) is 5.69 Å². The van der Waals surface area contributed by atoms with E-state index < -0.39 is 16.5 Å². The third kappa shape index (κ3) is 3.90. The summed E-state index contributed by atoms with van der Waals surface area (Å²) >= 11 is 0. The summed E-state index contributed by atoms with van der Waals surface area (Å²) in [4.78, 5) is 46.8. The van der Waals surface area contributed by atoms with Crippen LogP contribution >= 0.6 is 0 Å². The zero-order chi connectivity index (χ0) is 22.0. The van der Waals surface area contributed by atoms with Crippen molar-refractivity contribution in [2.24, 2.45) is 0 Å². The van der Waals surface area contributed by atoms with Crippen LogP contribution in [0.25, 0.3) is 5.69 Å². The van der Waals surface area contributed by atoms with Crippen molar-refractivity contribution in [1.29, 1.82) is 0 Å². The largest absolute Gasteiger partial charge is 0.465 e. The van der Waals surface area contributed by atoms with Crippen molar-refractivity contribution in [3.63, 3.8) is 0 Å². The van der Waals surface area contributed by atoms with Crippen molar-refractivity contribution in [2.45, 2.75) is 20.4 Å². The summed E-state index contributed by atoms with van der Waals surface area (Å²) in [6.45, 7) is 3.29. The van der Waals surface area contributed by atoms with Gasteiger partial charge in [0.25, 0.3) is 11.2 Å². The number of ketones is 1. The van der Waals surface area contributed by atoms with E-state index in [1.165, 1.54) is 7.11 Å². The van der Waals surface area contributed by atoms with Gasteiger partial charge in [-0.15, -0.1) is 0 Å². The molecule has 0 fully saturated rings. The van der Waals surface area contributed by atoms with Crippen molar-refractivity contribution in [1.82, 2.24) is 9.13 Å². The standard InChI is InChI=1S/C21H19N3O6/c1-13-10-18(19(25)12-22-11-17(24(28)29)8-9-20(22)26)14(2)23(13)16-6-4-15(5-7-16)21(27)30-3/h4-11H,12H2,1-3H3. The first-order valence-corrected chi connectivity index (χ1v) is 8.98. The van der Waals surface area contributed by atoms with E-state index in [4.69, 9.17) is 4.74 Å². The zero-order valence-electron chi connectivity index (χ0n) is 16.6. The fourth-order valence-electron chi connectivity index (χ4n) is 3.30. The van der Waals surface area contributed by atoms with E-state index >= 15 is 0 Å². The Morgan fingerprint density at radius 1 is 1.10 bits per heavy atom. The smallest absolute Gasteiger partial charge is 0.337 e. The first-order valence-electron chi connectivity index (χ1n) is 8.98. The van der Waals surface area contributed by atoms with Gasteiger partial charge in [-0.05, 0) is 44.2 Å². The molecule has 154 valence electrons. The molecule has 0 saturated heterocycles. The van der Waals surface area contributed by atoms with Gasteiger partial charge in [-0.3, -0.25) is 19.7 Å². The molecule has 9 nitrogen and oxygen atoms in total. The minimum atomic E-state index is -0.621. The van der Waals surface area contributed by atoms with Gasteiger partial charge in [0, 0.05) is 34.8 Å². The average molecular weight is 409 g/mol. The number of hydrogen-bond donors (Lipinski definition) is 0. The first-order chi connectivity index (χ1) is 14.2. The molecule has 2 heterocycles. The molecule has 0 spiro atoms. The van der Waals surface area contributed by atoms with Crippen LogP contribution in [-0.4, -0.2) is 32.9 Å². The van der Waals surface area contributed by atoms with E-state index in [2.05, 4.69) is 0 Å². The Morgan fingerprint density at radius 2 is 1.77 bits per heavy atom. The highest BCUT2D eigenvalue weighted by Gasteiger charge is 2.19. The topological polar surface area (TPSA) is 113 Å². The lowest BCUT2D eigenvalue weighted by Crippen LogP contribution is -2.23. The van der Waals surface area contributed by atoms with Crippen molar-refractivity contribution in [2.75, 3.05) is 7.11 Å². The van der Waals surface area contributed by atoms with E-state index in [-0.39, 0.29) is 18.0 Å². The van der Waals surface area contributed by atoms with Crippen LogP contribution in [0.3, 0.4) is 0 Å². The van der Waals surface area contributed by atoms with Crippen LogP contribution in [-0.2, 0) is 11.3 Å². The summed E-state index contributed by atoms with van der Waals surface area (Å²) < 4.78 is 7.57. The minimum absolute atomic E-state index is 0.265. The first kappa shape index (κ1) is 20.7. The number of aryl methyl sites for hydroxylation is 1. The van der Waals surface area contributed by atoms with Crippen LogP contribution in [0.2, 0.25) is 0 Å². The molecule has 3 aromatic rings. The fourth-order valence-corrected chi connectivity index (χ4v) is 3.30. The normalized spacial score (nSPS) is 10.6. The quantitative estimate of drug-likeness (QED) is 0.268. The second-order valence-corrected chi connectivity index (χ2v) is 6.69. The molecule has 0 bridgehead atoms. The van der Waals surface area contributed by atoms with E-state index in [1.807, 2.05) is 11.5 Å². The number of aromatic nitrogens is 2. The van der Waals surface area contributed by atoms with E-state index in [0.717, 1.165) is 34.3 Å². The van der Waals surface area contributed by atoms with Gasteiger partial charge in [-0.25, -0.2) is 4.79 Å². The molecular weight excluding hydrogens is 390 g/mol. The maximum atomic E-state index is 12.8. The lowest BCUT2D eigenvalue weighted by atomic mass is 10.1. The molecule has 0 aliphatic heterocycles. The monoisotopic (exact) mass is 409 g/mol. The fraction of sp³-hybridized carbons (Fsp3) is 0.190. The van der Waals surface area contributed by atoms with Gasteiger partial charge in [-0.2, -0.15) is 0 Å². The number of pyridine rings is 1. The highest BCUT2D eigenvalue weighted by atomic mass is 16.6. The number of rotatable bonds is 6. The Labute approximate surface area is 171 Å². The second-order valence-electron chi connectivity index (χ2n) is 6.69. The SMILES string of the molecule is COC(=O)c1ccc(-n2c(C)cc(C(=O)Cn3cc([N+](=O)[O-])ccc3=O)c2C)cc1. The third-order valence-corrected chi connectivity index (χ3v) is 4.77. The van der Waals surface area contributed by atoms with Gasteiger partial charge >= 0.3 is 5.97 Å². The molecule has 2 aromatic heterocycles. The predicted molar refractivity (Wildman–Crippen MR) is 108 cm³/mol. The van der Waals surface area contributed by atoms with Crippen LogP contribution in [0, 0.1) is 24.0 Å². The van der Waals surface area contributed by atoms with Crippen molar-refractivity contribution >= 4 is 17.4 Å². The molecule has 0 atom stereocenters. The van der Waals surface area contributed by atoms with Gasteiger partial charge in [0.1, 0.15) is 0 Å². The van der Waals surface area contributed by atoms with Gasteiger partial charge in [0.15, 0.2) is 5.78 Å². The Morgan fingerprint density at radius 3 is 2.37 bits per heavy atom. The predicted octanol–water partition coefficient (Wildman–Crippen LogP) is 2.83. The number of esters is 1. The molecule has 9 heteroatoms. The molecule has 0 saturated carbocycles. The van der Waals surface area contributed by atoms with Crippen molar-refractivity contribution in [3.05, 3.63) is 91.6 Å². The van der Waals surface area contributed by atoms with Gasteiger partial charge in [-0.1, -0.05) is 0 Å². The molecule has 30 heavy (non-hydrogen) atoms. The van der Waals surface area contributed by atoms with Crippen LogP contribution < -0.4 is 5.56 Å². The molecule has 1 aromatic carbocycles. The molecule has 0 aliphatic carbocycles. The van der Waals surface area contributed by atoms with E-state index in [1.54, 1.807) is 37.3 Å². The number of carbonyl (C=O) groups excluding carboxylic acids is 2. The summed E-state index contributed by atoms with van der Waals surface area (Å²) in [5.74, 6) is -0.788. The van der Waals surface area contributed by atoms with E-state index in [0.29, 0.717) is 16.8 Å². The molecule has 3 rings (SSSR count). The van der Waals surface area contributed by atoms with Gasteiger partial charge in [0.05, 0.1) is 30.3 Å². The number of methoxy groups -OCH3 is 1. The van der Waals surface area contributed by atoms with Crippen molar-refractivity contribution in [3.8, 4) is 5.69 Å². The van der Waals surface area contributed by atoms with Crippen molar-refractivity contribution < 1.29 is 19.2 Å². The van der Waals surface area contributed by atoms with Gasteiger partial charge in [0.2, 0.25) is 0 Å². The molecule has 0 unspecified atom stereocenters. The molecule has 0 radical (unpaired) electrons. The summed E-state index contributed by atoms with van der Waals surface area (Å²) in [5, 5.41) is 10.9. The molecule has 0 amide bonds. The summed E-state index contributed by atoms with van der Waals surface area (Å²) in [6, 6.07) is 10.6. The number of Topliss-reactive ketones (excluding diaryl/α,β-unsaturated/α-hetero) is 1. The summed E-state index contributed by atoms with van der Waals surface area (Å²) in [5.41, 5.74) is 2.24. The maximum absolute atomic E-state index is 12.8. The lowest BCUT2D eigenvalue weighted by Gasteiger charge is -2.11. The molecule has 0 N–H and O–H groups in total. The third-order valence-electron chi connectivity index (χ3n) is 4.77. The van der Waals surface area contributed by atoms with Crippen LogP contribution in [0.1, 0.15) is 32.1 Å². The zero-order valence-corrected chi connectivity index (χ0v) is 16.6. The summed E-state index contributed by atoms with van der Waals surface area (Å²) in [7, 11) is 1.31. The number of nitrogens with zero attached hydrogens (tertiary/aromatic N) is 3. The van der Waals surface area contributed by atoms with Gasteiger partial charge < -0.3 is 13.9 Å². The number of ether oxygens (including phenoxy) is 1. The number of carbonyl (C=O) groups is 2.